The third-order valence-electron chi connectivity index (χ3n) is 5.05. The third-order valence-corrected chi connectivity index (χ3v) is 5.05. The second-order valence-electron chi connectivity index (χ2n) is 7.00. The molecule has 1 fully saturated rings. The van der Waals surface area contributed by atoms with E-state index in [4.69, 9.17) is 8.94 Å². The molecule has 0 radical (unpaired) electrons. The summed E-state index contributed by atoms with van der Waals surface area (Å²) < 4.78 is 10.6. The van der Waals surface area contributed by atoms with Crippen molar-refractivity contribution in [2.24, 2.45) is 0 Å². The number of rotatable bonds is 5. The normalized spacial score (nSPS) is 14.4. The summed E-state index contributed by atoms with van der Waals surface area (Å²) in [6.45, 7) is 2.41. The number of nitrogens with zero attached hydrogens (tertiary/aromatic N) is 2. The van der Waals surface area contributed by atoms with E-state index in [-0.39, 0.29) is 12.1 Å². The first-order valence-electron chi connectivity index (χ1n) is 9.32. The van der Waals surface area contributed by atoms with Gasteiger partial charge in [0, 0.05) is 17.3 Å². The van der Waals surface area contributed by atoms with Crippen LogP contribution in [0, 0.1) is 6.92 Å². The van der Waals surface area contributed by atoms with Crippen molar-refractivity contribution in [3.05, 3.63) is 60.4 Å². The van der Waals surface area contributed by atoms with E-state index in [1.54, 1.807) is 12.5 Å². The van der Waals surface area contributed by atoms with Crippen LogP contribution in [0.5, 0.6) is 0 Å². The maximum absolute atomic E-state index is 13.0. The SMILES string of the molecule is Cc1ccc(CN(C(=O)Nc2ccc(-c3cnoc3)cc2)C2CCCC2)o1. The maximum atomic E-state index is 13.0. The van der Waals surface area contributed by atoms with Crippen LogP contribution in [0.2, 0.25) is 0 Å². The average Bonchev–Trinajstić information content (AvgIpc) is 3.43. The van der Waals surface area contributed by atoms with Crippen LogP contribution < -0.4 is 5.32 Å². The van der Waals surface area contributed by atoms with Gasteiger partial charge in [-0.15, -0.1) is 0 Å². The van der Waals surface area contributed by atoms with Gasteiger partial charge in [0.25, 0.3) is 0 Å². The summed E-state index contributed by atoms with van der Waals surface area (Å²) in [5.74, 6) is 1.68. The number of furan rings is 1. The minimum absolute atomic E-state index is 0.0892. The summed E-state index contributed by atoms with van der Waals surface area (Å²) in [4.78, 5) is 14.9. The van der Waals surface area contributed by atoms with Gasteiger partial charge < -0.3 is 19.2 Å². The molecule has 0 unspecified atom stereocenters. The molecular weight excluding hydrogens is 342 g/mol. The lowest BCUT2D eigenvalue weighted by Gasteiger charge is -2.28. The molecule has 4 rings (SSSR count). The summed E-state index contributed by atoms with van der Waals surface area (Å²) >= 11 is 0. The molecule has 140 valence electrons. The van der Waals surface area contributed by atoms with E-state index in [2.05, 4.69) is 10.5 Å². The van der Waals surface area contributed by atoms with Gasteiger partial charge in [0.05, 0.1) is 12.7 Å². The molecule has 0 atom stereocenters. The minimum atomic E-state index is -0.0892. The molecule has 3 aromatic rings. The van der Waals surface area contributed by atoms with Crippen LogP contribution in [-0.2, 0) is 6.54 Å². The van der Waals surface area contributed by atoms with E-state index in [9.17, 15) is 4.79 Å². The summed E-state index contributed by atoms with van der Waals surface area (Å²) in [5, 5.41) is 6.74. The fourth-order valence-corrected chi connectivity index (χ4v) is 3.61. The molecule has 1 aliphatic carbocycles. The highest BCUT2D eigenvalue weighted by atomic mass is 16.5. The van der Waals surface area contributed by atoms with Crippen molar-refractivity contribution in [1.29, 1.82) is 0 Å². The van der Waals surface area contributed by atoms with E-state index in [1.165, 1.54) is 12.8 Å². The number of aromatic nitrogens is 1. The molecule has 2 heterocycles. The first-order chi connectivity index (χ1) is 13.2. The number of benzene rings is 1. The third kappa shape index (κ3) is 4.05. The molecule has 2 amide bonds. The number of anilines is 1. The highest BCUT2D eigenvalue weighted by Gasteiger charge is 2.27. The average molecular weight is 365 g/mol. The second kappa shape index (κ2) is 7.70. The van der Waals surface area contributed by atoms with Crippen LogP contribution in [0.3, 0.4) is 0 Å². The zero-order chi connectivity index (χ0) is 18.6. The molecule has 1 N–H and O–H groups in total. The van der Waals surface area contributed by atoms with Crippen LogP contribution in [-0.4, -0.2) is 22.1 Å². The zero-order valence-electron chi connectivity index (χ0n) is 15.4. The second-order valence-corrected chi connectivity index (χ2v) is 7.00. The van der Waals surface area contributed by atoms with Crippen LogP contribution in [0.15, 0.2) is 57.8 Å². The maximum Gasteiger partial charge on any atom is 0.322 e. The quantitative estimate of drug-likeness (QED) is 0.673. The van der Waals surface area contributed by atoms with E-state index in [0.717, 1.165) is 41.2 Å². The predicted octanol–water partition coefficient (Wildman–Crippen LogP) is 5.22. The minimum Gasteiger partial charge on any atom is -0.464 e. The van der Waals surface area contributed by atoms with Crippen molar-refractivity contribution >= 4 is 11.7 Å². The van der Waals surface area contributed by atoms with Crippen LogP contribution in [0.1, 0.15) is 37.2 Å². The van der Waals surface area contributed by atoms with Gasteiger partial charge >= 0.3 is 6.03 Å². The van der Waals surface area contributed by atoms with Gasteiger partial charge in [-0.25, -0.2) is 4.79 Å². The predicted molar refractivity (Wildman–Crippen MR) is 102 cm³/mol. The molecule has 0 spiro atoms. The fourth-order valence-electron chi connectivity index (χ4n) is 3.61. The Balaban J connectivity index is 1.47. The first kappa shape index (κ1) is 17.4. The van der Waals surface area contributed by atoms with Crippen LogP contribution >= 0.6 is 0 Å². The fraction of sp³-hybridized carbons (Fsp3) is 0.333. The molecule has 27 heavy (non-hydrogen) atoms. The topological polar surface area (TPSA) is 71.5 Å². The van der Waals surface area contributed by atoms with E-state index < -0.39 is 0 Å². The van der Waals surface area contributed by atoms with Crippen molar-refractivity contribution in [3.63, 3.8) is 0 Å². The molecule has 0 aliphatic heterocycles. The Labute approximate surface area is 158 Å². The number of nitrogens with one attached hydrogen (secondary N) is 1. The molecule has 6 heteroatoms. The van der Waals surface area contributed by atoms with E-state index in [1.807, 2.05) is 48.2 Å². The number of hydrogen-bond acceptors (Lipinski definition) is 4. The lowest BCUT2D eigenvalue weighted by molar-refractivity contribution is 0.178. The van der Waals surface area contributed by atoms with Gasteiger partial charge in [-0.3, -0.25) is 0 Å². The Kier molecular flexibility index (Phi) is 4.96. The molecule has 6 nitrogen and oxygen atoms in total. The standard InChI is InChI=1S/C21H23N3O3/c1-15-6-11-20(27-15)13-24(19-4-2-3-5-19)21(25)23-18-9-7-16(8-10-18)17-12-22-26-14-17/h6-12,14,19H,2-5,13H2,1H3,(H,23,25). The van der Waals surface area contributed by atoms with Crippen LogP contribution in [0.25, 0.3) is 11.1 Å². The van der Waals surface area contributed by atoms with E-state index >= 15 is 0 Å². The Hall–Kier alpha value is -3.02. The van der Waals surface area contributed by atoms with E-state index in [0.29, 0.717) is 6.54 Å². The summed E-state index contributed by atoms with van der Waals surface area (Å²) in [7, 11) is 0. The first-order valence-corrected chi connectivity index (χ1v) is 9.32. The van der Waals surface area contributed by atoms with Gasteiger partial charge in [0.15, 0.2) is 0 Å². The Morgan fingerprint density at radius 1 is 1.15 bits per heavy atom. The smallest absolute Gasteiger partial charge is 0.322 e. The van der Waals surface area contributed by atoms with Crippen molar-refractivity contribution in [2.75, 3.05) is 5.32 Å². The summed E-state index contributed by atoms with van der Waals surface area (Å²) in [6.07, 6.45) is 7.68. The van der Waals surface area contributed by atoms with Gasteiger partial charge in [0.2, 0.25) is 0 Å². The van der Waals surface area contributed by atoms with Gasteiger partial charge in [-0.1, -0.05) is 30.1 Å². The van der Waals surface area contributed by atoms with Crippen molar-refractivity contribution in [1.82, 2.24) is 10.1 Å². The molecule has 0 bridgehead atoms. The van der Waals surface area contributed by atoms with Gasteiger partial charge in [-0.2, -0.15) is 0 Å². The largest absolute Gasteiger partial charge is 0.464 e. The molecule has 2 aromatic heterocycles. The lowest BCUT2D eigenvalue weighted by atomic mass is 10.1. The monoisotopic (exact) mass is 365 g/mol. The Morgan fingerprint density at radius 3 is 2.56 bits per heavy atom. The molecule has 0 saturated heterocycles. The van der Waals surface area contributed by atoms with Crippen LogP contribution in [0.4, 0.5) is 10.5 Å². The highest BCUT2D eigenvalue weighted by molar-refractivity contribution is 5.89. The molecule has 1 aromatic carbocycles. The number of aryl methyl sites for hydroxylation is 1. The Morgan fingerprint density at radius 2 is 1.93 bits per heavy atom. The number of hydrogen-bond donors (Lipinski definition) is 1. The molecule has 1 aliphatic rings. The zero-order valence-corrected chi connectivity index (χ0v) is 15.4. The van der Waals surface area contributed by atoms with Crippen molar-refractivity contribution in [3.8, 4) is 11.1 Å². The van der Waals surface area contributed by atoms with Crippen molar-refractivity contribution < 1.29 is 13.7 Å². The summed E-state index contributed by atoms with van der Waals surface area (Å²) in [6, 6.07) is 11.7. The highest BCUT2D eigenvalue weighted by Crippen LogP contribution is 2.27. The number of amides is 2. The molecule has 1 saturated carbocycles. The number of urea groups is 1. The van der Waals surface area contributed by atoms with Crippen molar-refractivity contribution in [2.45, 2.75) is 45.2 Å². The van der Waals surface area contributed by atoms with Gasteiger partial charge in [-0.05, 0) is 49.6 Å². The number of carbonyl (C=O) groups excluding carboxylic acids is 1. The Bertz CT molecular complexity index is 878. The summed E-state index contributed by atoms with van der Waals surface area (Å²) in [5.41, 5.74) is 2.67. The lowest BCUT2D eigenvalue weighted by Crippen LogP contribution is -2.41. The molecular formula is C21H23N3O3. The number of carbonyl (C=O) groups is 1. The van der Waals surface area contributed by atoms with Gasteiger partial charge in [0.1, 0.15) is 17.8 Å².